The Morgan fingerprint density at radius 3 is 2.50 bits per heavy atom. The molecule has 2 amide bonds. The number of carbonyl (C=O) groups excluding carboxylic acids is 1. The van der Waals surface area contributed by atoms with Crippen LogP contribution in [-0.2, 0) is 49.2 Å². The van der Waals surface area contributed by atoms with Gasteiger partial charge in [0.2, 0.25) is 0 Å². The Labute approximate surface area is 171 Å². The minimum Gasteiger partial charge on any atom is -0.305 e. The first kappa shape index (κ1) is 18.3. The van der Waals surface area contributed by atoms with Crippen molar-refractivity contribution in [2.24, 2.45) is 4.36 Å². The summed E-state index contributed by atoms with van der Waals surface area (Å²) < 4.78 is 17.5. The van der Waals surface area contributed by atoms with Gasteiger partial charge < -0.3 is 10.2 Å². The number of urea groups is 1. The lowest BCUT2D eigenvalue weighted by Crippen LogP contribution is -2.24. The van der Waals surface area contributed by atoms with Gasteiger partial charge in [-0.3, -0.25) is 0 Å². The van der Waals surface area contributed by atoms with Crippen LogP contribution in [0.5, 0.6) is 0 Å². The molecule has 0 spiro atoms. The number of carbonyl (C=O) groups is 1. The number of likely N-dealkylation sites (N-methyl/N-ethyl adjacent to an activating group) is 1. The highest BCUT2D eigenvalue weighted by atomic mass is 32.2. The number of benzene rings is 1. The molecular formula is C21H25N3O2S2. The Morgan fingerprint density at radius 2 is 1.79 bits per heavy atom. The second-order valence-electron chi connectivity index (χ2n) is 8.06. The van der Waals surface area contributed by atoms with E-state index in [2.05, 4.69) is 27.7 Å². The summed E-state index contributed by atoms with van der Waals surface area (Å²) in [7, 11) is 0.0407. The second kappa shape index (κ2) is 7.28. The molecule has 3 aliphatic rings. The number of hydrogen-bond acceptors (Lipinski definition) is 4. The SMILES string of the molecule is CN1CCc2cc(/[SH](=O)=N/C(=O)Nc3c4c(cc5c3CCC5)CCC4)sc2C1. The van der Waals surface area contributed by atoms with Crippen LogP contribution in [0, 0.1) is 0 Å². The van der Waals surface area contributed by atoms with Gasteiger partial charge in [0.15, 0.2) is 0 Å². The number of amides is 2. The topological polar surface area (TPSA) is 61.8 Å². The lowest BCUT2D eigenvalue weighted by Gasteiger charge is -2.21. The molecule has 2 aromatic rings. The van der Waals surface area contributed by atoms with E-state index in [4.69, 9.17) is 0 Å². The van der Waals surface area contributed by atoms with Crippen molar-refractivity contribution in [2.45, 2.75) is 55.7 Å². The number of fused-ring (bicyclic) bond motifs is 3. The van der Waals surface area contributed by atoms with Crippen LogP contribution in [0.2, 0.25) is 0 Å². The number of aryl methyl sites for hydroxylation is 2. The number of rotatable bonds is 2. The standard InChI is InChI=1S/C21H25N3O2S2/c1-24-9-8-15-11-19(27-18(15)12-24)28(26)23-21(25)22-20-16-6-2-4-13(16)10-14-5-3-7-17(14)20/h10-11,28H,2-9,12H2,1H3,(H,22,25). The predicted molar refractivity (Wildman–Crippen MR) is 114 cm³/mol. The first-order chi connectivity index (χ1) is 13.6. The maximum Gasteiger partial charge on any atom is 0.353 e. The van der Waals surface area contributed by atoms with E-state index >= 15 is 0 Å². The van der Waals surface area contributed by atoms with Crippen molar-refractivity contribution in [3.63, 3.8) is 0 Å². The maximum absolute atomic E-state index is 12.7. The zero-order valence-corrected chi connectivity index (χ0v) is 17.8. The van der Waals surface area contributed by atoms with Crippen molar-refractivity contribution in [3.05, 3.63) is 44.8 Å². The quantitative estimate of drug-likeness (QED) is 0.730. The number of anilines is 1. The van der Waals surface area contributed by atoms with E-state index < -0.39 is 16.6 Å². The van der Waals surface area contributed by atoms with Crippen LogP contribution in [0.1, 0.15) is 45.5 Å². The first-order valence-corrected chi connectivity index (χ1v) is 12.1. The summed E-state index contributed by atoms with van der Waals surface area (Å²) in [6, 6.07) is 3.85. The molecule has 5 nitrogen and oxygen atoms in total. The third-order valence-corrected chi connectivity index (χ3v) is 8.71. The van der Waals surface area contributed by atoms with E-state index in [1.165, 1.54) is 44.0 Å². The van der Waals surface area contributed by atoms with Gasteiger partial charge in [0.05, 0.1) is 14.8 Å². The van der Waals surface area contributed by atoms with Gasteiger partial charge in [-0.05, 0) is 85.9 Å². The van der Waals surface area contributed by atoms with Crippen molar-refractivity contribution in [3.8, 4) is 0 Å². The zero-order chi connectivity index (χ0) is 19.3. The molecule has 1 atom stereocenters. The van der Waals surface area contributed by atoms with Gasteiger partial charge in [0.1, 0.15) is 0 Å². The van der Waals surface area contributed by atoms with Crippen LogP contribution in [-0.4, -0.2) is 28.7 Å². The van der Waals surface area contributed by atoms with Gasteiger partial charge in [-0.2, -0.15) is 0 Å². The summed E-state index contributed by atoms with van der Waals surface area (Å²) in [6.45, 7) is 1.90. The van der Waals surface area contributed by atoms with Crippen molar-refractivity contribution in [1.29, 1.82) is 0 Å². The molecule has 1 aromatic heterocycles. The van der Waals surface area contributed by atoms with Crippen molar-refractivity contribution >= 4 is 33.7 Å². The van der Waals surface area contributed by atoms with E-state index in [1.54, 1.807) is 0 Å². The molecule has 2 aliphatic carbocycles. The number of nitrogens with zero attached hydrogens (tertiary/aromatic N) is 2. The summed E-state index contributed by atoms with van der Waals surface area (Å²) >= 11 is 1.54. The fraction of sp³-hybridized carbons (Fsp3) is 0.476. The molecule has 1 aliphatic heterocycles. The minimum absolute atomic E-state index is 0.473. The monoisotopic (exact) mass is 415 g/mol. The van der Waals surface area contributed by atoms with Crippen molar-refractivity contribution < 1.29 is 9.00 Å². The molecular weight excluding hydrogens is 390 g/mol. The summed E-state index contributed by atoms with van der Waals surface area (Å²) in [5.41, 5.74) is 7.51. The molecule has 0 radical (unpaired) electrons. The number of nitrogens with one attached hydrogen (secondary N) is 1. The molecule has 1 aromatic carbocycles. The summed E-state index contributed by atoms with van der Waals surface area (Å²) in [4.78, 5) is 16.1. The summed E-state index contributed by atoms with van der Waals surface area (Å²) in [6.07, 6.45) is 7.45. The lowest BCUT2D eigenvalue weighted by atomic mass is 9.99. The van der Waals surface area contributed by atoms with Crippen LogP contribution in [0.4, 0.5) is 10.5 Å². The highest BCUT2D eigenvalue weighted by molar-refractivity contribution is 7.78. The van der Waals surface area contributed by atoms with Crippen LogP contribution >= 0.6 is 11.3 Å². The van der Waals surface area contributed by atoms with Gasteiger partial charge in [0.25, 0.3) is 0 Å². The Morgan fingerprint density at radius 1 is 1.07 bits per heavy atom. The van der Waals surface area contributed by atoms with Crippen molar-refractivity contribution in [2.75, 3.05) is 18.9 Å². The van der Waals surface area contributed by atoms with E-state index in [-0.39, 0.29) is 0 Å². The van der Waals surface area contributed by atoms with E-state index in [1.807, 2.05) is 6.07 Å². The molecule has 0 saturated carbocycles. The zero-order valence-electron chi connectivity index (χ0n) is 16.1. The molecule has 1 N–H and O–H groups in total. The van der Waals surface area contributed by atoms with Crippen LogP contribution in [0.15, 0.2) is 20.7 Å². The van der Waals surface area contributed by atoms with Gasteiger partial charge in [-0.15, -0.1) is 15.7 Å². The average Bonchev–Trinajstić information content (AvgIpc) is 3.39. The highest BCUT2D eigenvalue weighted by Gasteiger charge is 2.25. The molecule has 0 fully saturated rings. The first-order valence-electron chi connectivity index (χ1n) is 10.0. The van der Waals surface area contributed by atoms with Crippen LogP contribution < -0.4 is 5.32 Å². The molecule has 0 saturated heterocycles. The Balaban J connectivity index is 1.41. The van der Waals surface area contributed by atoms with Gasteiger partial charge in [0, 0.05) is 23.7 Å². The molecule has 28 heavy (non-hydrogen) atoms. The van der Waals surface area contributed by atoms with E-state index in [0.717, 1.165) is 63.7 Å². The third kappa shape index (κ3) is 3.29. The molecule has 2 heterocycles. The summed E-state index contributed by atoms with van der Waals surface area (Å²) in [5.74, 6) is 0. The van der Waals surface area contributed by atoms with E-state index in [0.29, 0.717) is 4.21 Å². The second-order valence-corrected chi connectivity index (χ2v) is 10.7. The van der Waals surface area contributed by atoms with Crippen LogP contribution in [0.25, 0.3) is 0 Å². The Kier molecular flexibility index (Phi) is 4.77. The molecule has 148 valence electrons. The Bertz CT molecular complexity index is 1020. The molecule has 1 unspecified atom stereocenters. The summed E-state index contributed by atoms with van der Waals surface area (Å²) in [5, 5.41) is 3.02. The highest BCUT2D eigenvalue weighted by Crippen LogP contribution is 2.38. The lowest BCUT2D eigenvalue weighted by molar-refractivity contribution is 0.260. The molecule has 0 bridgehead atoms. The predicted octanol–water partition coefficient (Wildman–Crippen LogP) is 3.97. The van der Waals surface area contributed by atoms with E-state index in [9.17, 15) is 9.00 Å². The molecule has 5 rings (SSSR count). The van der Waals surface area contributed by atoms with Gasteiger partial charge in [-0.1, -0.05) is 6.07 Å². The average molecular weight is 416 g/mol. The largest absolute Gasteiger partial charge is 0.353 e. The minimum atomic E-state index is -2.05. The third-order valence-electron chi connectivity index (χ3n) is 6.14. The normalized spacial score (nSPS) is 19.3. The Hall–Kier alpha value is -1.70. The fourth-order valence-corrected chi connectivity index (χ4v) is 7.13. The number of thiol groups is 1. The maximum atomic E-state index is 12.7. The van der Waals surface area contributed by atoms with Crippen molar-refractivity contribution in [1.82, 2.24) is 4.90 Å². The smallest absolute Gasteiger partial charge is 0.305 e. The number of hydrogen-bond donors (Lipinski definition) is 2. The fourth-order valence-electron chi connectivity index (χ4n) is 4.76. The van der Waals surface area contributed by atoms with Gasteiger partial charge >= 0.3 is 6.03 Å². The van der Waals surface area contributed by atoms with Crippen LogP contribution in [0.3, 0.4) is 0 Å². The number of thiophene rings is 1. The van der Waals surface area contributed by atoms with Gasteiger partial charge in [-0.25, -0.2) is 9.00 Å². The molecule has 7 heteroatoms.